The molecule has 0 aliphatic carbocycles. The lowest BCUT2D eigenvalue weighted by molar-refractivity contribution is 0.407. The van der Waals surface area contributed by atoms with Crippen LogP contribution in [0.15, 0.2) is 30.6 Å². The van der Waals surface area contributed by atoms with Crippen molar-refractivity contribution in [1.29, 1.82) is 0 Å². The number of nitrogens with zero attached hydrogens (tertiary/aromatic N) is 2. The number of benzene rings is 1. The van der Waals surface area contributed by atoms with Crippen molar-refractivity contribution in [3.05, 3.63) is 42.0 Å². The van der Waals surface area contributed by atoms with E-state index < -0.39 is 7.12 Å². The van der Waals surface area contributed by atoms with Crippen molar-refractivity contribution in [2.24, 2.45) is 0 Å². The fraction of sp³-hybridized carbons (Fsp3) is 0.357. The Bertz CT molecular complexity index is 582. The van der Waals surface area contributed by atoms with Crippen LogP contribution in [0.25, 0.3) is 0 Å². The average molecular weight is 274 g/mol. The molecule has 0 radical (unpaired) electrons. The smallest absolute Gasteiger partial charge is 0.488 e. The van der Waals surface area contributed by atoms with Crippen LogP contribution in [0.4, 0.5) is 0 Å². The van der Waals surface area contributed by atoms with Crippen LogP contribution >= 0.6 is 0 Å². The summed E-state index contributed by atoms with van der Waals surface area (Å²) >= 11 is 0. The number of hydrogen-bond donors (Lipinski definition) is 2. The van der Waals surface area contributed by atoms with Gasteiger partial charge in [0, 0.05) is 23.9 Å². The molecular formula is C14H19BN2O3. The van der Waals surface area contributed by atoms with Crippen molar-refractivity contribution in [2.45, 2.75) is 26.3 Å². The first-order valence-electron chi connectivity index (χ1n) is 6.57. The van der Waals surface area contributed by atoms with E-state index in [0.29, 0.717) is 17.9 Å². The van der Waals surface area contributed by atoms with Gasteiger partial charge in [-0.15, -0.1) is 0 Å². The van der Waals surface area contributed by atoms with Gasteiger partial charge >= 0.3 is 7.12 Å². The number of imidazole rings is 1. The van der Waals surface area contributed by atoms with E-state index >= 15 is 0 Å². The van der Waals surface area contributed by atoms with E-state index in [-0.39, 0.29) is 0 Å². The summed E-state index contributed by atoms with van der Waals surface area (Å²) in [4.78, 5) is 4.35. The van der Waals surface area contributed by atoms with Crippen LogP contribution in [0.2, 0.25) is 0 Å². The lowest BCUT2D eigenvalue weighted by Gasteiger charge is -2.14. The van der Waals surface area contributed by atoms with Gasteiger partial charge in [-0.1, -0.05) is 26.0 Å². The highest BCUT2D eigenvalue weighted by atomic mass is 16.5. The Morgan fingerprint density at radius 3 is 2.70 bits per heavy atom. The maximum atomic E-state index is 9.28. The summed E-state index contributed by atoms with van der Waals surface area (Å²) in [6.45, 7) is 4.76. The minimum absolute atomic E-state index is 0.322. The molecule has 2 rings (SSSR count). The standard InChI is InChI=1S/C14H19BN2O3/c1-10(2)14-16-6-7-17(14)9-11-8-12(15(18)19)4-5-13(11)20-3/h4-8,10,18-19H,9H2,1-3H3. The lowest BCUT2D eigenvalue weighted by atomic mass is 9.79. The molecule has 0 unspecified atom stereocenters. The van der Waals surface area contributed by atoms with Crippen molar-refractivity contribution in [3.63, 3.8) is 0 Å². The molecule has 2 N–H and O–H groups in total. The van der Waals surface area contributed by atoms with Gasteiger partial charge in [-0.05, 0) is 11.5 Å². The van der Waals surface area contributed by atoms with Crippen LogP contribution < -0.4 is 10.2 Å². The molecule has 1 aromatic carbocycles. The Hall–Kier alpha value is -1.79. The van der Waals surface area contributed by atoms with Gasteiger partial charge in [0.25, 0.3) is 0 Å². The Kier molecular flexibility index (Phi) is 4.47. The number of aromatic nitrogens is 2. The van der Waals surface area contributed by atoms with Gasteiger partial charge in [-0.25, -0.2) is 4.98 Å². The quantitative estimate of drug-likeness (QED) is 0.789. The van der Waals surface area contributed by atoms with Gasteiger partial charge < -0.3 is 19.4 Å². The third-order valence-corrected chi connectivity index (χ3v) is 3.21. The van der Waals surface area contributed by atoms with Gasteiger partial charge in [0.15, 0.2) is 0 Å². The normalized spacial score (nSPS) is 10.9. The van der Waals surface area contributed by atoms with Crippen LogP contribution in [-0.2, 0) is 6.54 Å². The maximum Gasteiger partial charge on any atom is 0.488 e. The van der Waals surface area contributed by atoms with Crippen molar-refractivity contribution in [1.82, 2.24) is 9.55 Å². The van der Waals surface area contributed by atoms with Crippen molar-refractivity contribution in [2.75, 3.05) is 7.11 Å². The van der Waals surface area contributed by atoms with Crippen molar-refractivity contribution in [3.8, 4) is 5.75 Å². The molecule has 106 valence electrons. The topological polar surface area (TPSA) is 67.5 Å². The van der Waals surface area contributed by atoms with E-state index in [1.807, 2.05) is 10.8 Å². The Morgan fingerprint density at radius 1 is 1.35 bits per heavy atom. The minimum Gasteiger partial charge on any atom is -0.496 e. The summed E-state index contributed by atoms with van der Waals surface area (Å²) in [6, 6.07) is 5.13. The van der Waals surface area contributed by atoms with Crippen molar-refractivity contribution >= 4 is 12.6 Å². The van der Waals surface area contributed by atoms with E-state index in [0.717, 1.165) is 17.1 Å². The van der Waals surface area contributed by atoms with Gasteiger partial charge in [0.2, 0.25) is 0 Å². The fourth-order valence-electron chi connectivity index (χ4n) is 2.22. The lowest BCUT2D eigenvalue weighted by Crippen LogP contribution is -2.30. The SMILES string of the molecule is COc1ccc(B(O)O)cc1Cn1ccnc1C(C)C. The molecule has 20 heavy (non-hydrogen) atoms. The van der Waals surface area contributed by atoms with Crippen LogP contribution in [-0.4, -0.2) is 33.8 Å². The van der Waals surface area contributed by atoms with Crippen LogP contribution in [0.5, 0.6) is 5.75 Å². The molecule has 1 heterocycles. The first-order chi connectivity index (χ1) is 9.52. The molecule has 0 aliphatic rings. The zero-order valence-electron chi connectivity index (χ0n) is 11.9. The molecular weight excluding hydrogens is 255 g/mol. The van der Waals surface area contributed by atoms with Crippen molar-refractivity contribution < 1.29 is 14.8 Å². The second-order valence-corrected chi connectivity index (χ2v) is 5.01. The Labute approximate surface area is 119 Å². The summed E-state index contributed by atoms with van der Waals surface area (Å²) in [7, 11) is 0.123. The van der Waals surface area contributed by atoms with Gasteiger partial charge in [-0.3, -0.25) is 0 Å². The first kappa shape index (κ1) is 14.6. The molecule has 0 spiro atoms. The summed E-state index contributed by atoms with van der Waals surface area (Å²) < 4.78 is 7.37. The van der Waals surface area contributed by atoms with E-state index in [1.54, 1.807) is 31.5 Å². The van der Waals surface area contributed by atoms with Crippen LogP contribution in [0.1, 0.15) is 31.2 Å². The Balaban J connectivity index is 2.36. The van der Waals surface area contributed by atoms with Gasteiger partial charge in [-0.2, -0.15) is 0 Å². The monoisotopic (exact) mass is 274 g/mol. The summed E-state index contributed by atoms with van der Waals surface area (Å²) in [5.74, 6) is 2.03. The fourth-order valence-corrected chi connectivity index (χ4v) is 2.22. The third-order valence-electron chi connectivity index (χ3n) is 3.21. The van der Waals surface area contributed by atoms with Crippen LogP contribution in [0.3, 0.4) is 0 Å². The summed E-state index contributed by atoms with van der Waals surface area (Å²) in [6.07, 6.45) is 3.68. The van der Waals surface area contributed by atoms with E-state index in [9.17, 15) is 10.0 Å². The zero-order chi connectivity index (χ0) is 14.7. The zero-order valence-corrected chi connectivity index (χ0v) is 11.9. The predicted octanol–water partition coefficient (Wildman–Crippen LogP) is 0.743. The molecule has 5 nitrogen and oxygen atoms in total. The molecule has 0 atom stereocenters. The molecule has 0 fully saturated rings. The molecule has 0 bridgehead atoms. The van der Waals surface area contributed by atoms with Crippen LogP contribution in [0, 0.1) is 0 Å². The number of ether oxygens (including phenoxy) is 1. The highest BCUT2D eigenvalue weighted by Crippen LogP contribution is 2.20. The van der Waals surface area contributed by atoms with Gasteiger partial charge in [0.05, 0.1) is 13.7 Å². The van der Waals surface area contributed by atoms with E-state index in [1.165, 1.54) is 0 Å². The number of methoxy groups -OCH3 is 1. The second-order valence-electron chi connectivity index (χ2n) is 5.01. The number of hydrogen-bond acceptors (Lipinski definition) is 4. The molecule has 0 amide bonds. The molecule has 2 aromatic rings. The highest BCUT2D eigenvalue weighted by Gasteiger charge is 2.15. The molecule has 6 heteroatoms. The third kappa shape index (κ3) is 3.03. The number of rotatable bonds is 5. The molecule has 0 aliphatic heterocycles. The summed E-state index contributed by atoms with van der Waals surface area (Å²) in [5, 5.41) is 18.6. The Morgan fingerprint density at radius 2 is 2.10 bits per heavy atom. The van der Waals surface area contributed by atoms with E-state index in [2.05, 4.69) is 18.8 Å². The first-order valence-corrected chi connectivity index (χ1v) is 6.57. The largest absolute Gasteiger partial charge is 0.496 e. The average Bonchev–Trinajstić information content (AvgIpc) is 2.87. The minimum atomic E-state index is -1.48. The molecule has 1 aromatic heterocycles. The highest BCUT2D eigenvalue weighted by molar-refractivity contribution is 6.58. The molecule has 0 saturated carbocycles. The molecule has 0 saturated heterocycles. The second kappa shape index (κ2) is 6.11. The predicted molar refractivity (Wildman–Crippen MR) is 78.2 cm³/mol. The van der Waals surface area contributed by atoms with Gasteiger partial charge in [0.1, 0.15) is 11.6 Å². The van der Waals surface area contributed by atoms with E-state index in [4.69, 9.17) is 4.74 Å². The summed E-state index contributed by atoms with van der Waals surface area (Å²) in [5.41, 5.74) is 1.34. The maximum absolute atomic E-state index is 9.28.